The molecule has 0 aliphatic carbocycles. The molecule has 1 aromatic carbocycles. The summed E-state index contributed by atoms with van der Waals surface area (Å²) in [5, 5.41) is 11.0. The summed E-state index contributed by atoms with van der Waals surface area (Å²) in [4.78, 5) is 24.2. The average molecular weight is 278 g/mol. The Morgan fingerprint density at radius 2 is 2.15 bits per heavy atom. The molecule has 108 valence electrons. The number of nitro groups is 1. The Bertz CT molecular complexity index is 554. The number of nitrogens with zero attached hydrogens (tertiary/aromatic N) is 2. The van der Waals surface area contributed by atoms with Gasteiger partial charge in [0.1, 0.15) is 0 Å². The number of hydrogen-bond acceptors (Lipinski definition) is 5. The van der Waals surface area contributed by atoms with Crippen molar-refractivity contribution in [3.63, 3.8) is 0 Å². The largest absolute Gasteiger partial charge is 0.377 e. The van der Waals surface area contributed by atoms with E-state index in [1.54, 1.807) is 12.1 Å². The van der Waals surface area contributed by atoms with Crippen LogP contribution in [0.5, 0.6) is 0 Å². The molecule has 20 heavy (non-hydrogen) atoms. The van der Waals surface area contributed by atoms with Crippen LogP contribution in [0.1, 0.15) is 31.1 Å². The van der Waals surface area contributed by atoms with Crippen molar-refractivity contribution in [3.8, 4) is 0 Å². The molecular formula is C14H18N2O4. The predicted octanol–water partition coefficient (Wildman–Crippen LogP) is 2.41. The Morgan fingerprint density at radius 3 is 2.70 bits per heavy atom. The maximum absolute atomic E-state index is 11.6. The topological polar surface area (TPSA) is 72.7 Å². The predicted molar refractivity (Wildman–Crippen MR) is 75.3 cm³/mol. The fourth-order valence-electron chi connectivity index (χ4n) is 2.47. The number of anilines is 1. The van der Waals surface area contributed by atoms with Crippen LogP contribution in [-0.2, 0) is 4.74 Å². The molecule has 0 saturated carbocycles. The van der Waals surface area contributed by atoms with Crippen LogP contribution in [0.15, 0.2) is 18.2 Å². The number of Topliss-reactive ketones (excluding diaryl/α,β-unsaturated/α-hetero) is 1. The van der Waals surface area contributed by atoms with Crippen molar-refractivity contribution >= 4 is 17.2 Å². The Hall–Kier alpha value is -1.95. The van der Waals surface area contributed by atoms with Gasteiger partial charge in [-0.15, -0.1) is 0 Å². The first kappa shape index (κ1) is 14.5. The third-order valence-corrected chi connectivity index (χ3v) is 3.51. The summed E-state index contributed by atoms with van der Waals surface area (Å²) in [7, 11) is 0. The summed E-state index contributed by atoms with van der Waals surface area (Å²) < 4.78 is 5.46. The van der Waals surface area contributed by atoms with Gasteiger partial charge < -0.3 is 9.64 Å². The van der Waals surface area contributed by atoms with Gasteiger partial charge in [-0.1, -0.05) is 0 Å². The number of carbonyl (C=O) groups is 1. The molecule has 2 rings (SSSR count). The van der Waals surface area contributed by atoms with E-state index in [-0.39, 0.29) is 22.6 Å². The molecule has 1 heterocycles. The van der Waals surface area contributed by atoms with Crippen LogP contribution in [0.4, 0.5) is 11.4 Å². The smallest absolute Gasteiger partial charge is 0.280 e. The Labute approximate surface area is 117 Å². The second-order valence-electron chi connectivity index (χ2n) is 5.53. The second kappa shape index (κ2) is 5.20. The van der Waals surface area contributed by atoms with Gasteiger partial charge in [0.05, 0.1) is 29.2 Å². The molecule has 0 bridgehead atoms. The number of morpholine rings is 1. The van der Waals surface area contributed by atoms with Crippen LogP contribution in [-0.4, -0.2) is 36.0 Å². The molecule has 1 fully saturated rings. The third kappa shape index (κ3) is 2.65. The highest BCUT2D eigenvalue weighted by Gasteiger charge is 2.31. The summed E-state index contributed by atoms with van der Waals surface area (Å²) in [6.45, 7) is 7.32. The fraction of sp³-hybridized carbons (Fsp3) is 0.500. The van der Waals surface area contributed by atoms with Crippen molar-refractivity contribution in [1.29, 1.82) is 0 Å². The van der Waals surface area contributed by atoms with Crippen LogP contribution in [0.25, 0.3) is 0 Å². The number of ketones is 1. The van der Waals surface area contributed by atoms with E-state index in [1.165, 1.54) is 13.0 Å². The van der Waals surface area contributed by atoms with Crippen molar-refractivity contribution in [2.24, 2.45) is 0 Å². The van der Waals surface area contributed by atoms with Gasteiger partial charge in [-0.3, -0.25) is 14.9 Å². The Morgan fingerprint density at radius 1 is 1.45 bits per heavy atom. The van der Waals surface area contributed by atoms with Gasteiger partial charge >= 0.3 is 0 Å². The zero-order valence-electron chi connectivity index (χ0n) is 11.9. The lowest BCUT2D eigenvalue weighted by atomic mass is 10.00. The zero-order valence-corrected chi connectivity index (χ0v) is 11.9. The average Bonchev–Trinajstić information content (AvgIpc) is 2.37. The molecule has 0 spiro atoms. The van der Waals surface area contributed by atoms with E-state index in [0.717, 1.165) is 5.69 Å². The molecule has 0 amide bonds. The Kier molecular flexibility index (Phi) is 3.76. The first-order valence-corrected chi connectivity index (χ1v) is 6.48. The van der Waals surface area contributed by atoms with E-state index >= 15 is 0 Å². The minimum Gasteiger partial charge on any atom is -0.377 e. The first-order chi connectivity index (χ1) is 9.33. The molecule has 1 aliphatic heterocycles. The highest BCUT2D eigenvalue weighted by Crippen LogP contribution is 2.31. The van der Waals surface area contributed by atoms with Crippen molar-refractivity contribution < 1.29 is 14.5 Å². The molecule has 0 radical (unpaired) electrons. The summed E-state index contributed by atoms with van der Waals surface area (Å²) in [6, 6.07) is 4.70. The van der Waals surface area contributed by atoms with Crippen molar-refractivity contribution in [2.75, 3.05) is 24.7 Å². The van der Waals surface area contributed by atoms with Gasteiger partial charge in [0.2, 0.25) is 0 Å². The van der Waals surface area contributed by atoms with E-state index in [2.05, 4.69) is 4.90 Å². The van der Waals surface area contributed by atoms with E-state index in [4.69, 9.17) is 4.74 Å². The lowest BCUT2D eigenvalue weighted by Crippen LogP contribution is -2.53. The number of benzene rings is 1. The molecule has 1 aromatic rings. The van der Waals surface area contributed by atoms with Crippen LogP contribution in [0.2, 0.25) is 0 Å². The molecule has 0 N–H and O–H groups in total. The molecule has 1 aliphatic rings. The van der Waals surface area contributed by atoms with E-state index in [1.807, 2.05) is 13.8 Å². The van der Waals surface area contributed by atoms with E-state index in [9.17, 15) is 14.9 Å². The maximum Gasteiger partial charge on any atom is 0.280 e. The van der Waals surface area contributed by atoms with Gasteiger partial charge in [-0.05, 0) is 32.9 Å². The lowest BCUT2D eigenvalue weighted by Gasteiger charge is -2.43. The fourth-order valence-corrected chi connectivity index (χ4v) is 2.47. The number of hydrogen-bond donors (Lipinski definition) is 0. The van der Waals surface area contributed by atoms with Gasteiger partial charge in [-0.25, -0.2) is 0 Å². The van der Waals surface area contributed by atoms with Crippen LogP contribution in [0.3, 0.4) is 0 Å². The van der Waals surface area contributed by atoms with E-state index < -0.39 is 4.92 Å². The van der Waals surface area contributed by atoms with Gasteiger partial charge in [-0.2, -0.15) is 0 Å². The molecule has 0 atom stereocenters. The number of ether oxygens (including phenoxy) is 1. The summed E-state index contributed by atoms with van der Waals surface area (Å²) in [5.74, 6) is -0.301. The maximum atomic E-state index is 11.6. The normalized spacial score (nSPS) is 17.9. The first-order valence-electron chi connectivity index (χ1n) is 6.48. The molecule has 0 unspecified atom stereocenters. The zero-order chi connectivity index (χ0) is 14.9. The van der Waals surface area contributed by atoms with Crippen molar-refractivity contribution in [1.82, 2.24) is 0 Å². The number of carbonyl (C=O) groups excluding carboxylic acids is 1. The minimum atomic E-state index is -0.523. The number of nitro benzene ring substituents is 1. The quantitative estimate of drug-likeness (QED) is 0.482. The SMILES string of the molecule is CC(=O)c1cc(N2CCOCC2(C)C)ccc1[N+](=O)[O-]. The Balaban J connectivity index is 2.45. The van der Waals surface area contributed by atoms with Gasteiger partial charge in [0.15, 0.2) is 5.78 Å². The number of rotatable bonds is 3. The summed E-state index contributed by atoms with van der Waals surface area (Å²) in [5.41, 5.74) is 0.610. The van der Waals surface area contributed by atoms with Crippen LogP contribution in [0, 0.1) is 10.1 Å². The van der Waals surface area contributed by atoms with Crippen molar-refractivity contribution in [2.45, 2.75) is 26.3 Å². The molecule has 6 heteroatoms. The van der Waals surface area contributed by atoms with Gasteiger partial charge in [0, 0.05) is 18.3 Å². The molecule has 1 saturated heterocycles. The van der Waals surface area contributed by atoms with Crippen molar-refractivity contribution in [3.05, 3.63) is 33.9 Å². The standard InChI is InChI=1S/C14H18N2O4/c1-10(17)12-8-11(4-5-13(12)16(18)19)15-6-7-20-9-14(15,2)3/h4-5,8H,6-7,9H2,1-3H3. The minimum absolute atomic E-state index is 0.146. The molecule has 0 aromatic heterocycles. The summed E-state index contributed by atoms with van der Waals surface area (Å²) in [6.07, 6.45) is 0. The van der Waals surface area contributed by atoms with E-state index in [0.29, 0.717) is 19.8 Å². The highest BCUT2D eigenvalue weighted by atomic mass is 16.6. The second-order valence-corrected chi connectivity index (χ2v) is 5.53. The van der Waals surface area contributed by atoms with Gasteiger partial charge in [0.25, 0.3) is 5.69 Å². The lowest BCUT2D eigenvalue weighted by molar-refractivity contribution is -0.385. The monoisotopic (exact) mass is 278 g/mol. The molecular weight excluding hydrogens is 260 g/mol. The summed E-state index contributed by atoms with van der Waals surface area (Å²) >= 11 is 0. The highest BCUT2D eigenvalue weighted by molar-refractivity contribution is 5.99. The van der Waals surface area contributed by atoms with Crippen LogP contribution >= 0.6 is 0 Å². The third-order valence-electron chi connectivity index (χ3n) is 3.51. The van der Waals surface area contributed by atoms with Crippen LogP contribution < -0.4 is 4.90 Å². The molecule has 6 nitrogen and oxygen atoms in total.